The van der Waals surface area contributed by atoms with Gasteiger partial charge in [-0.15, -0.1) is 0 Å². The van der Waals surface area contributed by atoms with E-state index in [1.807, 2.05) is 38.6 Å². The van der Waals surface area contributed by atoms with Gasteiger partial charge >= 0.3 is 0 Å². The maximum absolute atomic E-state index is 5.92. The number of methoxy groups -OCH3 is 1. The lowest BCUT2D eigenvalue weighted by atomic mass is 10.1. The summed E-state index contributed by atoms with van der Waals surface area (Å²) in [6.45, 7) is 4.04. The first-order valence-electron chi connectivity index (χ1n) is 9.46. The number of guanidine groups is 1. The highest BCUT2D eigenvalue weighted by Crippen LogP contribution is 2.21. The largest absolute Gasteiger partial charge is 0.491 e. The van der Waals surface area contributed by atoms with Crippen molar-refractivity contribution in [2.24, 2.45) is 12.0 Å². The molecule has 0 saturated carbocycles. The van der Waals surface area contributed by atoms with Crippen molar-refractivity contribution in [2.45, 2.75) is 12.6 Å². The Hall–Kier alpha value is -2.58. The molecule has 1 aromatic heterocycles. The third kappa shape index (κ3) is 5.46. The zero-order valence-electron chi connectivity index (χ0n) is 16.8. The van der Waals surface area contributed by atoms with E-state index in [1.165, 1.54) is 0 Å². The molecule has 1 fully saturated rings. The molecule has 28 heavy (non-hydrogen) atoms. The number of aryl methyl sites for hydroxylation is 1. The predicted molar refractivity (Wildman–Crippen MR) is 107 cm³/mol. The first-order valence-corrected chi connectivity index (χ1v) is 9.46. The SMILES string of the molecule is CN=C(NCc1ccc(OCCOC)cc1)N1CCOC(c2cnn(C)c2)C1. The topological polar surface area (TPSA) is 73.1 Å². The Balaban J connectivity index is 1.52. The number of nitrogens with one attached hydrogen (secondary N) is 1. The Kier molecular flexibility index (Phi) is 7.27. The van der Waals surface area contributed by atoms with Crippen molar-refractivity contribution in [3.05, 3.63) is 47.8 Å². The van der Waals surface area contributed by atoms with Crippen molar-refractivity contribution in [1.29, 1.82) is 0 Å². The summed E-state index contributed by atoms with van der Waals surface area (Å²) in [5, 5.41) is 7.69. The van der Waals surface area contributed by atoms with Crippen LogP contribution in [-0.4, -0.2) is 67.7 Å². The van der Waals surface area contributed by atoms with Crippen LogP contribution >= 0.6 is 0 Å². The van der Waals surface area contributed by atoms with Gasteiger partial charge in [0.15, 0.2) is 5.96 Å². The first-order chi connectivity index (χ1) is 13.7. The molecule has 1 saturated heterocycles. The minimum atomic E-state index is 0.00420. The van der Waals surface area contributed by atoms with E-state index in [4.69, 9.17) is 14.2 Å². The van der Waals surface area contributed by atoms with Gasteiger partial charge in [0, 0.05) is 46.1 Å². The van der Waals surface area contributed by atoms with E-state index in [-0.39, 0.29) is 6.10 Å². The first kappa shape index (κ1) is 20.2. The molecular formula is C20H29N5O3. The Morgan fingerprint density at radius 2 is 2.14 bits per heavy atom. The van der Waals surface area contributed by atoms with Gasteiger partial charge in [0.25, 0.3) is 0 Å². The Labute approximate surface area is 166 Å². The van der Waals surface area contributed by atoms with Crippen LogP contribution in [0.2, 0.25) is 0 Å². The highest BCUT2D eigenvalue weighted by atomic mass is 16.5. The summed E-state index contributed by atoms with van der Waals surface area (Å²) in [5.74, 6) is 1.72. The lowest BCUT2D eigenvalue weighted by Gasteiger charge is -2.34. The van der Waals surface area contributed by atoms with Crippen LogP contribution in [-0.2, 0) is 23.1 Å². The second-order valence-electron chi connectivity index (χ2n) is 6.64. The van der Waals surface area contributed by atoms with Crippen LogP contribution < -0.4 is 10.1 Å². The van der Waals surface area contributed by atoms with Gasteiger partial charge in [0.1, 0.15) is 18.5 Å². The standard InChI is InChI=1S/C20H29N5O3/c1-21-20(22-12-16-4-6-18(7-5-16)27-11-10-26-3)25-8-9-28-19(15-25)17-13-23-24(2)14-17/h4-7,13-14,19H,8-12,15H2,1-3H3,(H,21,22). The van der Waals surface area contributed by atoms with Gasteiger partial charge in [0.2, 0.25) is 0 Å². The highest BCUT2D eigenvalue weighted by molar-refractivity contribution is 5.80. The quantitative estimate of drug-likeness (QED) is 0.442. The molecular weight excluding hydrogens is 358 g/mol. The molecule has 0 spiro atoms. The van der Waals surface area contributed by atoms with Crippen LogP contribution in [0.3, 0.4) is 0 Å². The average Bonchev–Trinajstić information content (AvgIpc) is 3.16. The summed E-state index contributed by atoms with van der Waals surface area (Å²) >= 11 is 0. The van der Waals surface area contributed by atoms with Crippen LogP contribution in [0.25, 0.3) is 0 Å². The van der Waals surface area contributed by atoms with E-state index in [0.29, 0.717) is 26.4 Å². The van der Waals surface area contributed by atoms with Gasteiger partial charge in [0.05, 0.1) is 26.0 Å². The molecule has 1 aliphatic heterocycles. The van der Waals surface area contributed by atoms with Gasteiger partial charge in [-0.3, -0.25) is 9.67 Å². The van der Waals surface area contributed by atoms with Crippen molar-refractivity contribution in [3.8, 4) is 5.75 Å². The summed E-state index contributed by atoms with van der Waals surface area (Å²) in [6, 6.07) is 8.06. The number of ether oxygens (including phenoxy) is 3. The number of benzene rings is 1. The van der Waals surface area contributed by atoms with Crippen molar-refractivity contribution in [3.63, 3.8) is 0 Å². The molecule has 152 valence electrons. The number of aromatic nitrogens is 2. The zero-order valence-corrected chi connectivity index (χ0v) is 16.8. The lowest BCUT2D eigenvalue weighted by Crippen LogP contribution is -2.47. The normalized spacial score (nSPS) is 17.6. The fraction of sp³-hybridized carbons (Fsp3) is 0.500. The van der Waals surface area contributed by atoms with Gasteiger partial charge in [-0.25, -0.2) is 0 Å². The van der Waals surface area contributed by atoms with E-state index in [9.17, 15) is 0 Å². The third-order valence-electron chi connectivity index (χ3n) is 4.60. The molecule has 0 aliphatic carbocycles. The van der Waals surface area contributed by atoms with Crippen LogP contribution in [0.1, 0.15) is 17.2 Å². The number of hydrogen-bond donors (Lipinski definition) is 1. The van der Waals surface area contributed by atoms with Crippen molar-refractivity contribution in [1.82, 2.24) is 20.0 Å². The second kappa shape index (κ2) is 10.1. The fourth-order valence-corrected chi connectivity index (χ4v) is 3.11. The van der Waals surface area contributed by atoms with Crippen LogP contribution in [0.5, 0.6) is 5.75 Å². The number of hydrogen-bond acceptors (Lipinski definition) is 5. The summed E-state index contributed by atoms with van der Waals surface area (Å²) in [5.41, 5.74) is 2.25. The number of rotatable bonds is 7. The fourth-order valence-electron chi connectivity index (χ4n) is 3.11. The molecule has 1 N–H and O–H groups in total. The predicted octanol–water partition coefficient (Wildman–Crippen LogP) is 1.59. The van der Waals surface area contributed by atoms with Crippen LogP contribution in [0.4, 0.5) is 0 Å². The molecule has 1 aromatic carbocycles. The summed E-state index contributed by atoms with van der Waals surface area (Å²) in [4.78, 5) is 6.67. The van der Waals surface area contributed by atoms with Crippen LogP contribution in [0.15, 0.2) is 41.7 Å². The third-order valence-corrected chi connectivity index (χ3v) is 4.60. The van der Waals surface area contributed by atoms with Gasteiger partial charge < -0.3 is 24.4 Å². The summed E-state index contributed by atoms with van der Waals surface area (Å²) < 4.78 is 18.3. The highest BCUT2D eigenvalue weighted by Gasteiger charge is 2.25. The molecule has 3 rings (SSSR count). The number of aliphatic imine (C=N–C) groups is 1. The van der Waals surface area contributed by atoms with Crippen LogP contribution in [0, 0.1) is 0 Å². The Bertz CT molecular complexity index is 759. The minimum absolute atomic E-state index is 0.00420. The van der Waals surface area contributed by atoms with E-state index in [2.05, 4.69) is 32.4 Å². The van der Waals surface area contributed by atoms with E-state index < -0.39 is 0 Å². The minimum Gasteiger partial charge on any atom is -0.491 e. The molecule has 1 unspecified atom stereocenters. The second-order valence-corrected chi connectivity index (χ2v) is 6.64. The van der Waals surface area contributed by atoms with E-state index in [1.54, 1.807) is 11.8 Å². The molecule has 1 atom stereocenters. The van der Waals surface area contributed by atoms with Gasteiger partial charge in [-0.1, -0.05) is 12.1 Å². The van der Waals surface area contributed by atoms with Gasteiger partial charge in [-0.2, -0.15) is 5.10 Å². The molecule has 0 amide bonds. The smallest absolute Gasteiger partial charge is 0.194 e. The molecule has 8 heteroatoms. The molecule has 0 radical (unpaired) electrons. The molecule has 1 aliphatic rings. The van der Waals surface area contributed by atoms with Crippen molar-refractivity contribution < 1.29 is 14.2 Å². The summed E-state index contributed by atoms with van der Waals surface area (Å²) in [6.07, 6.45) is 3.87. The lowest BCUT2D eigenvalue weighted by molar-refractivity contribution is -0.00805. The average molecular weight is 387 g/mol. The maximum Gasteiger partial charge on any atom is 0.194 e. The van der Waals surface area contributed by atoms with Crippen molar-refractivity contribution in [2.75, 3.05) is 47.1 Å². The Morgan fingerprint density at radius 3 is 2.82 bits per heavy atom. The maximum atomic E-state index is 5.92. The number of nitrogens with zero attached hydrogens (tertiary/aromatic N) is 4. The van der Waals surface area contributed by atoms with Crippen molar-refractivity contribution >= 4 is 5.96 Å². The number of morpholine rings is 1. The monoisotopic (exact) mass is 387 g/mol. The van der Waals surface area contributed by atoms with E-state index >= 15 is 0 Å². The molecule has 8 nitrogen and oxygen atoms in total. The van der Waals surface area contributed by atoms with E-state index in [0.717, 1.165) is 35.9 Å². The Morgan fingerprint density at radius 1 is 1.32 bits per heavy atom. The molecule has 2 aromatic rings. The zero-order chi connectivity index (χ0) is 19.8. The molecule has 2 heterocycles. The summed E-state index contributed by atoms with van der Waals surface area (Å²) in [7, 11) is 5.39. The van der Waals surface area contributed by atoms with Gasteiger partial charge in [-0.05, 0) is 17.7 Å². The molecule has 0 bridgehead atoms.